The molecule has 2 unspecified atom stereocenters. The van der Waals surface area contributed by atoms with Crippen LogP contribution >= 0.6 is 0 Å². The van der Waals surface area contributed by atoms with Crippen molar-refractivity contribution in [1.82, 2.24) is 5.32 Å². The lowest BCUT2D eigenvalue weighted by Gasteiger charge is -2.20. The summed E-state index contributed by atoms with van der Waals surface area (Å²) in [6, 6.07) is -0.629. The Labute approximate surface area is 549 Å². The third kappa shape index (κ3) is 72.6. The molecule has 6 nitrogen and oxygen atoms in total. The van der Waals surface area contributed by atoms with E-state index in [0.29, 0.717) is 19.4 Å². The number of carbonyl (C=O) groups excluding carboxylic acids is 2. The minimum absolute atomic E-state index is 0.0000463. The zero-order chi connectivity index (χ0) is 63.5. The predicted molar refractivity (Wildman–Crippen MR) is 389 cm³/mol. The number of ether oxygens (including phenoxy) is 1. The molecule has 88 heavy (non-hydrogen) atoms. The van der Waals surface area contributed by atoms with Crippen LogP contribution in [0.1, 0.15) is 425 Å². The van der Waals surface area contributed by atoms with Gasteiger partial charge in [-0.1, -0.05) is 376 Å². The molecule has 0 rings (SSSR count). The maximum absolute atomic E-state index is 12.6. The number of unbranched alkanes of at least 4 members (excludes halogenated alkanes) is 55. The number of aliphatic hydroxyl groups excluding tert-OH is 2. The molecule has 3 N–H and O–H groups in total. The molecular formula is C82H153NO5. The number of rotatable bonds is 74. The molecule has 0 aliphatic heterocycles. The molecule has 0 spiro atoms. The van der Waals surface area contributed by atoms with Crippen molar-refractivity contribution in [3.05, 3.63) is 60.8 Å². The molecule has 0 radical (unpaired) electrons. The number of esters is 1. The van der Waals surface area contributed by atoms with E-state index in [1.807, 2.05) is 6.08 Å². The maximum Gasteiger partial charge on any atom is 0.305 e. The van der Waals surface area contributed by atoms with Gasteiger partial charge in [-0.3, -0.25) is 9.59 Å². The van der Waals surface area contributed by atoms with Gasteiger partial charge in [0, 0.05) is 12.8 Å². The topological polar surface area (TPSA) is 95.9 Å². The van der Waals surface area contributed by atoms with Crippen LogP contribution in [0.2, 0.25) is 0 Å². The Morgan fingerprint density at radius 3 is 0.886 bits per heavy atom. The number of hydrogen-bond donors (Lipinski definition) is 3. The second-order valence-corrected chi connectivity index (χ2v) is 27.0. The third-order valence-electron chi connectivity index (χ3n) is 18.3. The minimum atomic E-state index is -0.846. The summed E-state index contributed by atoms with van der Waals surface area (Å²) in [6.07, 6.45) is 103. The number of nitrogens with one attached hydrogen (secondary N) is 1. The van der Waals surface area contributed by atoms with Gasteiger partial charge in [0.2, 0.25) is 5.91 Å². The number of amides is 1. The fourth-order valence-corrected chi connectivity index (χ4v) is 12.2. The van der Waals surface area contributed by atoms with Crippen molar-refractivity contribution in [3.63, 3.8) is 0 Å². The molecule has 0 heterocycles. The van der Waals surface area contributed by atoms with E-state index in [1.165, 1.54) is 340 Å². The van der Waals surface area contributed by atoms with Crippen LogP contribution in [0.5, 0.6) is 0 Å². The summed E-state index contributed by atoms with van der Waals surface area (Å²) in [7, 11) is 0. The average Bonchev–Trinajstić information content (AvgIpc) is 3.58. The van der Waals surface area contributed by atoms with E-state index >= 15 is 0 Å². The summed E-state index contributed by atoms with van der Waals surface area (Å²) >= 11 is 0. The van der Waals surface area contributed by atoms with E-state index < -0.39 is 12.1 Å². The lowest BCUT2D eigenvalue weighted by molar-refractivity contribution is -0.143. The van der Waals surface area contributed by atoms with Gasteiger partial charge < -0.3 is 20.3 Å². The second-order valence-electron chi connectivity index (χ2n) is 27.0. The number of hydrogen-bond acceptors (Lipinski definition) is 5. The Hall–Kier alpha value is -2.44. The first-order valence-corrected chi connectivity index (χ1v) is 39.6. The first-order valence-electron chi connectivity index (χ1n) is 39.6. The predicted octanol–water partition coefficient (Wildman–Crippen LogP) is 26.2. The number of carbonyl (C=O) groups is 2. The molecule has 0 aromatic carbocycles. The van der Waals surface area contributed by atoms with Crippen LogP contribution in [0.25, 0.3) is 0 Å². The zero-order valence-electron chi connectivity index (χ0n) is 59.2. The van der Waals surface area contributed by atoms with Crippen LogP contribution in [-0.2, 0) is 14.3 Å². The van der Waals surface area contributed by atoms with Crippen molar-refractivity contribution in [2.75, 3.05) is 13.2 Å². The molecule has 6 heteroatoms. The molecular weight excluding hydrogens is 1080 g/mol. The van der Waals surface area contributed by atoms with Crippen LogP contribution in [0.15, 0.2) is 60.8 Å². The fourth-order valence-electron chi connectivity index (χ4n) is 12.2. The summed E-state index contributed by atoms with van der Waals surface area (Å²) < 4.78 is 5.49. The standard InChI is InChI=1S/C82H153NO5/c1-3-5-7-9-11-13-15-17-19-20-21-22-34-37-40-43-47-50-54-58-62-66-70-74-80(85)79(78-84)83-81(86)75-71-67-63-59-55-51-48-44-41-38-35-32-30-28-26-24-23-25-27-29-31-33-36-39-42-45-49-53-57-61-65-69-73-77-88-82(87)76-72-68-64-60-56-52-46-18-16-14-12-10-8-6-4-2/h12,14,18,27,29,33,36,46,70,74,79-80,84-85H,3-11,13,15-17,19-26,28,30-32,34-35,37-45,47-69,71-73,75-78H2,1-2H3,(H,83,86)/b14-12-,29-27-,36-33-,46-18-,74-70+. The molecule has 0 bridgehead atoms. The molecule has 0 saturated carbocycles. The van der Waals surface area contributed by atoms with E-state index in [1.54, 1.807) is 6.08 Å². The largest absolute Gasteiger partial charge is 0.466 e. The summed E-state index contributed by atoms with van der Waals surface area (Å²) in [5.41, 5.74) is 0. The van der Waals surface area contributed by atoms with Crippen molar-refractivity contribution >= 4 is 11.9 Å². The van der Waals surface area contributed by atoms with Crippen molar-refractivity contribution in [2.45, 2.75) is 437 Å². The van der Waals surface area contributed by atoms with Crippen LogP contribution < -0.4 is 5.32 Å². The van der Waals surface area contributed by atoms with E-state index in [4.69, 9.17) is 4.74 Å². The van der Waals surface area contributed by atoms with Gasteiger partial charge in [0.15, 0.2) is 0 Å². The maximum atomic E-state index is 12.6. The molecule has 0 saturated heterocycles. The summed E-state index contributed by atoms with van der Waals surface area (Å²) in [5, 5.41) is 23.3. The SMILES string of the molecule is CCCCC/C=C\C/C=C\CCCCCCCC(=O)OCCCCCCCCCCC/C=C\C/C=C\CCCCCCCCCCCCCCCCCCCC(=O)NC(CO)C(O)/C=C/CCCCCCCCCCCCCCCCCCCCCCC. The molecule has 0 aliphatic rings. The normalized spacial score (nSPS) is 12.8. The number of allylic oxidation sites excluding steroid dienone is 9. The highest BCUT2D eigenvalue weighted by molar-refractivity contribution is 5.76. The first-order chi connectivity index (χ1) is 43.5. The Morgan fingerprint density at radius 2 is 0.568 bits per heavy atom. The molecule has 0 aromatic rings. The van der Waals surface area contributed by atoms with Crippen molar-refractivity contribution in [3.8, 4) is 0 Å². The Morgan fingerprint density at radius 1 is 0.318 bits per heavy atom. The van der Waals surface area contributed by atoms with Crippen molar-refractivity contribution in [1.29, 1.82) is 0 Å². The average molecular weight is 1230 g/mol. The van der Waals surface area contributed by atoms with Crippen molar-refractivity contribution in [2.24, 2.45) is 0 Å². The van der Waals surface area contributed by atoms with Crippen molar-refractivity contribution < 1.29 is 24.5 Å². The van der Waals surface area contributed by atoms with Gasteiger partial charge in [-0.05, 0) is 96.3 Å². The third-order valence-corrected chi connectivity index (χ3v) is 18.3. The highest BCUT2D eigenvalue weighted by Gasteiger charge is 2.18. The van der Waals surface area contributed by atoms with Gasteiger partial charge in [0.1, 0.15) is 0 Å². The van der Waals surface area contributed by atoms with Crippen LogP contribution in [-0.4, -0.2) is 47.4 Å². The number of aliphatic hydroxyl groups is 2. The quantitative estimate of drug-likeness (QED) is 0.0320. The van der Waals surface area contributed by atoms with E-state index in [2.05, 4.69) is 67.8 Å². The van der Waals surface area contributed by atoms with Gasteiger partial charge in [0.25, 0.3) is 0 Å². The highest BCUT2D eigenvalue weighted by atomic mass is 16.5. The first kappa shape index (κ1) is 85.6. The molecule has 0 aromatic heterocycles. The molecule has 516 valence electrons. The highest BCUT2D eigenvalue weighted by Crippen LogP contribution is 2.19. The lowest BCUT2D eigenvalue weighted by atomic mass is 10.0. The second kappa shape index (κ2) is 77.0. The van der Waals surface area contributed by atoms with E-state index in [-0.39, 0.29) is 18.5 Å². The van der Waals surface area contributed by atoms with E-state index in [0.717, 1.165) is 57.8 Å². The van der Waals surface area contributed by atoms with Crippen LogP contribution in [0.4, 0.5) is 0 Å². The monoisotopic (exact) mass is 1230 g/mol. The molecule has 0 aliphatic carbocycles. The Kier molecular flexibility index (Phi) is 74.9. The zero-order valence-corrected chi connectivity index (χ0v) is 59.2. The van der Waals surface area contributed by atoms with Gasteiger partial charge in [-0.15, -0.1) is 0 Å². The molecule has 0 fully saturated rings. The Bertz CT molecular complexity index is 1520. The van der Waals surface area contributed by atoms with Gasteiger partial charge in [0.05, 0.1) is 25.4 Å². The van der Waals surface area contributed by atoms with Gasteiger partial charge in [-0.2, -0.15) is 0 Å². The van der Waals surface area contributed by atoms with Crippen LogP contribution in [0.3, 0.4) is 0 Å². The van der Waals surface area contributed by atoms with Gasteiger partial charge in [-0.25, -0.2) is 0 Å². The lowest BCUT2D eigenvalue weighted by Crippen LogP contribution is -2.45. The van der Waals surface area contributed by atoms with Gasteiger partial charge >= 0.3 is 5.97 Å². The van der Waals surface area contributed by atoms with Crippen LogP contribution in [0, 0.1) is 0 Å². The summed E-state index contributed by atoms with van der Waals surface area (Å²) in [4.78, 5) is 24.6. The smallest absolute Gasteiger partial charge is 0.305 e. The Balaban J connectivity index is 3.41. The van der Waals surface area contributed by atoms with E-state index in [9.17, 15) is 19.8 Å². The summed E-state index contributed by atoms with van der Waals surface area (Å²) in [6.45, 7) is 4.91. The summed E-state index contributed by atoms with van der Waals surface area (Å²) in [5.74, 6) is -0.0620. The minimum Gasteiger partial charge on any atom is -0.466 e. The fraction of sp³-hybridized carbons (Fsp3) is 0.854. The molecule has 2 atom stereocenters. The molecule has 1 amide bonds.